The Hall–Kier alpha value is -2.31. The summed E-state index contributed by atoms with van der Waals surface area (Å²) in [5.74, 6) is 0.0161. The summed E-state index contributed by atoms with van der Waals surface area (Å²) < 4.78 is 18.6. The summed E-state index contributed by atoms with van der Waals surface area (Å²) in [4.78, 5) is 4.30. The summed E-state index contributed by atoms with van der Waals surface area (Å²) in [6.07, 6.45) is 1.48. The van der Waals surface area contributed by atoms with Gasteiger partial charge in [-0.2, -0.15) is 0 Å². The van der Waals surface area contributed by atoms with E-state index in [1.165, 1.54) is 25.6 Å². The molecule has 2 aromatic rings. The predicted octanol–water partition coefficient (Wildman–Crippen LogP) is 2.68. The molecule has 22 heavy (non-hydrogen) atoms. The average molecular weight is 321 g/mol. The minimum atomic E-state index is -1.21. The van der Waals surface area contributed by atoms with Gasteiger partial charge in [-0.1, -0.05) is 17.7 Å². The molecule has 1 atom stereocenters. The van der Waals surface area contributed by atoms with E-state index in [4.69, 9.17) is 27.8 Å². The zero-order valence-electron chi connectivity index (χ0n) is 11.7. The molecule has 0 aliphatic carbocycles. The maximum atomic E-state index is 13.4. The lowest BCUT2D eigenvalue weighted by atomic mass is 9.89. The van der Waals surface area contributed by atoms with Crippen molar-refractivity contribution in [3.8, 4) is 5.75 Å². The zero-order chi connectivity index (χ0) is 15.9. The lowest BCUT2D eigenvalue weighted by Gasteiger charge is -2.32. The van der Waals surface area contributed by atoms with Crippen molar-refractivity contribution in [3.63, 3.8) is 0 Å². The van der Waals surface area contributed by atoms with Crippen molar-refractivity contribution in [2.24, 2.45) is 10.7 Å². The number of benzene rings is 2. The minimum absolute atomic E-state index is 0.0147. The second-order valence-electron chi connectivity index (χ2n) is 4.94. The first-order valence-electron chi connectivity index (χ1n) is 6.48. The van der Waals surface area contributed by atoms with Gasteiger partial charge in [0.15, 0.2) is 5.66 Å². The second-order valence-corrected chi connectivity index (χ2v) is 5.34. The molecule has 0 spiro atoms. The molecule has 0 fully saturated rings. The van der Waals surface area contributed by atoms with Crippen LogP contribution in [-0.2, 0) is 5.66 Å². The fourth-order valence-corrected chi connectivity index (χ4v) is 2.63. The van der Waals surface area contributed by atoms with E-state index in [1.54, 1.807) is 18.2 Å². The van der Waals surface area contributed by atoms with E-state index in [1.807, 2.05) is 0 Å². The van der Waals surface area contributed by atoms with Crippen molar-refractivity contribution in [1.82, 2.24) is 0 Å². The highest BCUT2D eigenvalue weighted by atomic mass is 35.5. The molecule has 2 aromatic carbocycles. The molecule has 114 valence electrons. The second kappa shape index (κ2) is 5.15. The number of nitrogens with two attached hydrogens (primary N) is 2. The molecular formula is C15H14ClFN4O. The van der Waals surface area contributed by atoms with E-state index in [9.17, 15) is 4.39 Å². The third-order valence-electron chi connectivity index (χ3n) is 3.63. The molecule has 0 radical (unpaired) electrons. The first-order chi connectivity index (χ1) is 10.5. The summed E-state index contributed by atoms with van der Waals surface area (Å²) in [7, 11) is 1.53. The number of hydrogen-bond donors (Lipinski definition) is 3. The smallest absolute Gasteiger partial charge is 0.163 e. The van der Waals surface area contributed by atoms with Crippen LogP contribution in [0.3, 0.4) is 0 Å². The Morgan fingerprint density at radius 2 is 2.09 bits per heavy atom. The van der Waals surface area contributed by atoms with Crippen LogP contribution in [0.2, 0.25) is 5.02 Å². The standard InChI is InChI=1S/C15H14ClFN4O/c1-22-14-6-13-9(5-12(14)18)15(19,21-7-20-13)8-2-3-11(17)10(16)4-8/h2-7H,18-19H2,1H3,(H,20,21). The number of hydrogen-bond acceptors (Lipinski definition) is 5. The van der Waals surface area contributed by atoms with E-state index < -0.39 is 11.5 Å². The molecule has 1 heterocycles. The number of fused-ring (bicyclic) bond motifs is 1. The lowest BCUT2D eigenvalue weighted by molar-refractivity contribution is 0.416. The lowest BCUT2D eigenvalue weighted by Crippen LogP contribution is -2.39. The van der Waals surface area contributed by atoms with Gasteiger partial charge in [-0.05, 0) is 18.2 Å². The molecule has 0 saturated heterocycles. The van der Waals surface area contributed by atoms with Gasteiger partial charge in [0.05, 0.1) is 29.8 Å². The van der Waals surface area contributed by atoms with E-state index >= 15 is 0 Å². The third kappa shape index (κ3) is 2.17. The topological polar surface area (TPSA) is 85.7 Å². The molecule has 0 saturated carbocycles. The van der Waals surface area contributed by atoms with Gasteiger partial charge < -0.3 is 15.8 Å². The molecule has 0 amide bonds. The van der Waals surface area contributed by atoms with Crippen LogP contribution in [0.1, 0.15) is 11.1 Å². The maximum absolute atomic E-state index is 13.4. The monoisotopic (exact) mass is 320 g/mol. The highest BCUT2D eigenvalue weighted by Crippen LogP contribution is 2.40. The van der Waals surface area contributed by atoms with Crippen LogP contribution in [0.25, 0.3) is 0 Å². The Balaban J connectivity index is 2.19. The van der Waals surface area contributed by atoms with E-state index in [-0.39, 0.29) is 5.02 Å². The third-order valence-corrected chi connectivity index (χ3v) is 3.92. The Labute approximate surface area is 131 Å². The van der Waals surface area contributed by atoms with Gasteiger partial charge in [0.2, 0.25) is 0 Å². The molecule has 3 rings (SSSR count). The van der Waals surface area contributed by atoms with Gasteiger partial charge >= 0.3 is 0 Å². The molecule has 7 heteroatoms. The molecule has 5 nitrogen and oxygen atoms in total. The van der Waals surface area contributed by atoms with Crippen molar-refractivity contribution >= 4 is 29.3 Å². The number of anilines is 2. The average Bonchev–Trinajstić information content (AvgIpc) is 2.50. The number of aliphatic imine (C=N–C) groups is 1. The first kappa shape index (κ1) is 14.6. The van der Waals surface area contributed by atoms with E-state index in [0.717, 1.165) is 0 Å². The molecule has 0 bridgehead atoms. The Kier molecular flexibility index (Phi) is 3.42. The van der Waals surface area contributed by atoms with Crippen molar-refractivity contribution in [2.75, 3.05) is 18.2 Å². The van der Waals surface area contributed by atoms with Crippen LogP contribution in [0.5, 0.6) is 5.75 Å². The number of ether oxygens (including phenoxy) is 1. The van der Waals surface area contributed by atoms with Crippen molar-refractivity contribution in [3.05, 3.63) is 52.3 Å². The number of nitrogen functional groups attached to an aromatic ring is 1. The van der Waals surface area contributed by atoms with Gasteiger partial charge in [0.25, 0.3) is 0 Å². The SMILES string of the molecule is COc1cc2c(cc1N)C(N)(c1ccc(F)c(Cl)c1)N=CN2. The van der Waals surface area contributed by atoms with E-state index in [0.29, 0.717) is 28.3 Å². The highest BCUT2D eigenvalue weighted by molar-refractivity contribution is 6.30. The number of rotatable bonds is 2. The van der Waals surface area contributed by atoms with Crippen LogP contribution >= 0.6 is 11.6 Å². The van der Waals surface area contributed by atoms with Crippen LogP contribution in [-0.4, -0.2) is 13.4 Å². The predicted molar refractivity (Wildman–Crippen MR) is 85.9 cm³/mol. The highest BCUT2D eigenvalue weighted by Gasteiger charge is 2.34. The molecule has 1 aliphatic rings. The Morgan fingerprint density at radius 1 is 1.32 bits per heavy atom. The van der Waals surface area contributed by atoms with Gasteiger partial charge in [-0.3, -0.25) is 5.73 Å². The number of nitrogens with zero attached hydrogens (tertiary/aromatic N) is 1. The van der Waals surface area contributed by atoms with Crippen LogP contribution in [0.4, 0.5) is 15.8 Å². The fraction of sp³-hybridized carbons (Fsp3) is 0.133. The number of methoxy groups -OCH3 is 1. The largest absolute Gasteiger partial charge is 0.495 e. The molecular weight excluding hydrogens is 307 g/mol. The minimum Gasteiger partial charge on any atom is -0.495 e. The summed E-state index contributed by atoms with van der Waals surface area (Å²) in [6, 6.07) is 7.70. The summed E-state index contributed by atoms with van der Waals surface area (Å²) in [5, 5.41) is 2.99. The molecule has 5 N–H and O–H groups in total. The quantitative estimate of drug-likeness (QED) is 0.743. The molecule has 1 aliphatic heterocycles. The Bertz CT molecular complexity index is 780. The van der Waals surface area contributed by atoms with Crippen molar-refractivity contribution in [1.29, 1.82) is 0 Å². The zero-order valence-corrected chi connectivity index (χ0v) is 12.5. The van der Waals surface area contributed by atoms with Gasteiger partial charge in [0.1, 0.15) is 11.6 Å². The van der Waals surface area contributed by atoms with Crippen LogP contribution in [0.15, 0.2) is 35.3 Å². The summed E-state index contributed by atoms with van der Waals surface area (Å²) >= 11 is 5.86. The van der Waals surface area contributed by atoms with Crippen LogP contribution in [0, 0.1) is 5.82 Å². The van der Waals surface area contributed by atoms with Crippen molar-refractivity contribution in [2.45, 2.75) is 5.66 Å². The molecule has 1 unspecified atom stereocenters. The van der Waals surface area contributed by atoms with Crippen LogP contribution < -0.4 is 21.5 Å². The van der Waals surface area contributed by atoms with Crippen molar-refractivity contribution < 1.29 is 9.13 Å². The first-order valence-corrected chi connectivity index (χ1v) is 6.86. The Morgan fingerprint density at radius 3 is 2.77 bits per heavy atom. The maximum Gasteiger partial charge on any atom is 0.163 e. The summed E-state index contributed by atoms with van der Waals surface area (Å²) in [6.45, 7) is 0. The fourth-order valence-electron chi connectivity index (χ4n) is 2.44. The number of nitrogens with one attached hydrogen (secondary N) is 1. The van der Waals surface area contributed by atoms with E-state index in [2.05, 4.69) is 10.3 Å². The normalized spacial score (nSPS) is 19.5. The summed E-state index contributed by atoms with van der Waals surface area (Å²) in [5.41, 5.74) is 13.6. The van der Waals surface area contributed by atoms with Gasteiger partial charge in [-0.25, -0.2) is 9.38 Å². The number of halogens is 2. The molecule has 0 aromatic heterocycles. The van der Waals surface area contributed by atoms with Gasteiger partial charge in [-0.15, -0.1) is 0 Å². The van der Waals surface area contributed by atoms with Gasteiger partial charge in [0, 0.05) is 17.2 Å².